The second kappa shape index (κ2) is 5.62. The van der Waals surface area contributed by atoms with E-state index in [1.165, 1.54) is 0 Å². The molecule has 0 aliphatic heterocycles. The summed E-state index contributed by atoms with van der Waals surface area (Å²) in [6.45, 7) is 0. The summed E-state index contributed by atoms with van der Waals surface area (Å²) in [7, 11) is -3.43. The summed E-state index contributed by atoms with van der Waals surface area (Å²) in [4.78, 5) is 0.338. The number of sulfone groups is 1. The van der Waals surface area contributed by atoms with Crippen molar-refractivity contribution >= 4 is 9.84 Å². The molecule has 0 saturated heterocycles. The largest absolute Gasteiger partial charge is 0.392 e. The number of hydrogen-bond donors (Lipinski definition) is 1. The number of hydrogen-bond acceptors (Lipinski definition) is 3. The quantitative estimate of drug-likeness (QED) is 0.948. The molecule has 3 atom stereocenters. The molecule has 0 aromatic heterocycles. The van der Waals surface area contributed by atoms with E-state index in [2.05, 4.69) is 0 Å². The summed E-state index contributed by atoms with van der Waals surface area (Å²) in [5.41, 5.74) is 0.895. The lowest BCUT2D eigenvalue weighted by Gasteiger charge is -2.22. The van der Waals surface area contributed by atoms with Crippen molar-refractivity contribution in [2.45, 2.75) is 35.0 Å². The van der Waals surface area contributed by atoms with E-state index in [1.54, 1.807) is 30.3 Å². The molecule has 1 fully saturated rings. The van der Waals surface area contributed by atoms with Gasteiger partial charge in [-0.05, 0) is 30.5 Å². The molecule has 0 heterocycles. The first-order valence-corrected chi connectivity index (χ1v) is 8.67. The average Bonchev–Trinajstić information content (AvgIpc) is 2.91. The van der Waals surface area contributed by atoms with Gasteiger partial charge in [-0.2, -0.15) is 0 Å². The van der Waals surface area contributed by atoms with Crippen LogP contribution in [-0.2, 0) is 9.84 Å². The molecule has 0 amide bonds. The standard InChI is InChI=1S/C17H18O3S/c18-15-11-12-16(17(15)13-7-3-1-4-8-13)21(19,20)14-9-5-2-6-10-14/h1-10,15-18H,11-12H2. The zero-order valence-corrected chi connectivity index (χ0v) is 12.4. The van der Waals surface area contributed by atoms with Crippen molar-refractivity contribution in [3.63, 3.8) is 0 Å². The maximum atomic E-state index is 12.9. The highest BCUT2D eigenvalue weighted by molar-refractivity contribution is 7.92. The van der Waals surface area contributed by atoms with Gasteiger partial charge in [-0.25, -0.2) is 8.42 Å². The second-order valence-corrected chi connectivity index (χ2v) is 7.64. The van der Waals surface area contributed by atoms with Crippen LogP contribution in [0.3, 0.4) is 0 Å². The van der Waals surface area contributed by atoms with Crippen LogP contribution in [0.5, 0.6) is 0 Å². The molecule has 2 aromatic rings. The van der Waals surface area contributed by atoms with Crippen LogP contribution in [0.4, 0.5) is 0 Å². The van der Waals surface area contributed by atoms with E-state index in [9.17, 15) is 13.5 Å². The van der Waals surface area contributed by atoms with Gasteiger partial charge >= 0.3 is 0 Å². The van der Waals surface area contributed by atoms with Gasteiger partial charge in [0.05, 0.1) is 16.2 Å². The van der Waals surface area contributed by atoms with Crippen LogP contribution in [0.2, 0.25) is 0 Å². The van der Waals surface area contributed by atoms with E-state index < -0.39 is 21.2 Å². The summed E-state index contributed by atoms with van der Waals surface area (Å²) in [6.07, 6.45) is 0.421. The Morgan fingerprint density at radius 1 is 0.857 bits per heavy atom. The Morgan fingerprint density at radius 2 is 1.43 bits per heavy atom. The maximum absolute atomic E-state index is 12.9. The van der Waals surface area contributed by atoms with Crippen molar-refractivity contribution in [1.82, 2.24) is 0 Å². The van der Waals surface area contributed by atoms with Crippen molar-refractivity contribution < 1.29 is 13.5 Å². The maximum Gasteiger partial charge on any atom is 0.181 e. The monoisotopic (exact) mass is 302 g/mol. The fourth-order valence-electron chi connectivity index (χ4n) is 3.19. The second-order valence-electron chi connectivity index (χ2n) is 5.48. The molecule has 1 saturated carbocycles. The zero-order chi connectivity index (χ0) is 14.9. The Bertz CT molecular complexity index is 695. The normalized spacial score (nSPS) is 25.9. The predicted molar refractivity (Wildman–Crippen MR) is 81.8 cm³/mol. The van der Waals surface area contributed by atoms with Gasteiger partial charge in [-0.3, -0.25) is 0 Å². The third-order valence-corrected chi connectivity index (χ3v) is 6.47. The lowest BCUT2D eigenvalue weighted by Crippen LogP contribution is -2.28. The van der Waals surface area contributed by atoms with Crippen LogP contribution in [-0.4, -0.2) is 24.9 Å². The Morgan fingerprint density at radius 3 is 2.05 bits per heavy atom. The zero-order valence-electron chi connectivity index (χ0n) is 11.6. The van der Waals surface area contributed by atoms with Gasteiger partial charge in [0.25, 0.3) is 0 Å². The number of aliphatic hydroxyl groups excluding tert-OH is 1. The minimum atomic E-state index is -3.43. The molecule has 110 valence electrons. The molecule has 21 heavy (non-hydrogen) atoms. The molecule has 3 nitrogen and oxygen atoms in total. The molecule has 0 bridgehead atoms. The first-order valence-electron chi connectivity index (χ1n) is 7.12. The Hall–Kier alpha value is -1.65. The number of benzene rings is 2. The summed E-state index contributed by atoms with van der Waals surface area (Å²) in [6, 6.07) is 18.0. The van der Waals surface area contributed by atoms with Gasteiger partial charge in [0.2, 0.25) is 0 Å². The van der Waals surface area contributed by atoms with Crippen molar-refractivity contribution in [1.29, 1.82) is 0 Å². The topological polar surface area (TPSA) is 54.4 Å². The highest BCUT2D eigenvalue weighted by Gasteiger charge is 2.44. The molecule has 4 heteroatoms. The summed E-state index contributed by atoms with van der Waals surface area (Å²) in [5.74, 6) is -0.351. The molecule has 1 aliphatic carbocycles. The van der Waals surface area contributed by atoms with Crippen LogP contribution in [0.1, 0.15) is 24.3 Å². The molecular formula is C17H18O3S. The third kappa shape index (κ3) is 2.61. The van der Waals surface area contributed by atoms with Gasteiger partial charge in [0, 0.05) is 5.92 Å². The van der Waals surface area contributed by atoms with Crippen molar-refractivity contribution in [2.75, 3.05) is 0 Å². The molecule has 3 unspecified atom stereocenters. The smallest absolute Gasteiger partial charge is 0.181 e. The van der Waals surface area contributed by atoms with Gasteiger partial charge in [-0.15, -0.1) is 0 Å². The minimum absolute atomic E-state index is 0.338. The minimum Gasteiger partial charge on any atom is -0.392 e. The third-order valence-electron chi connectivity index (χ3n) is 4.22. The molecule has 0 spiro atoms. The van der Waals surface area contributed by atoms with Crippen LogP contribution in [0, 0.1) is 0 Å². The Labute approximate surface area is 125 Å². The Kier molecular flexibility index (Phi) is 3.83. The van der Waals surface area contributed by atoms with E-state index >= 15 is 0 Å². The van der Waals surface area contributed by atoms with E-state index in [0.717, 1.165) is 5.56 Å². The van der Waals surface area contributed by atoms with Gasteiger partial charge in [0.1, 0.15) is 0 Å². The molecule has 1 N–H and O–H groups in total. The summed E-state index contributed by atoms with van der Waals surface area (Å²) < 4.78 is 25.7. The SMILES string of the molecule is O=S(=O)(c1ccccc1)C1CCC(O)C1c1ccccc1. The summed E-state index contributed by atoms with van der Waals surface area (Å²) >= 11 is 0. The van der Waals surface area contributed by atoms with Crippen molar-refractivity contribution in [3.05, 3.63) is 66.2 Å². The first-order chi connectivity index (χ1) is 10.1. The molecule has 1 aliphatic rings. The lowest BCUT2D eigenvalue weighted by atomic mass is 9.96. The van der Waals surface area contributed by atoms with Crippen LogP contribution < -0.4 is 0 Å². The predicted octanol–water partition coefficient (Wildman–Crippen LogP) is 2.77. The molecule has 0 radical (unpaired) electrons. The van der Waals surface area contributed by atoms with Gasteiger partial charge in [-0.1, -0.05) is 48.5 Å². The fourth-order valence-corrected chi connectivity index (χ4v) is 5.24. The molecule has 2 aromatic carbocycles. The van der Waals surface area contributed by atoms with E-state index in [-0.39, 0.29) is 5.92 Å². The van der Waals surface area contributed by atoms with Crippen LogP contribution >= 0.6 is 0 Å². The average molecular weight is 302 g/mol. The van der Waals surface area contributed by atoms with E-state index in [1.807, 2.05) is 30.3 Å². The Balaban J connectivity index is 2.01. The molecular weight excluding hydrogens is 284 g/mol. The van der Waals surface area contributed by atoms with E-state index in [4.69, 9.17) is 0 Å². The fraction of sp³-hybridized carbons (Fsp3) is 0.294. The molecule has 3 rings (SSSR count). The first kappa shape index (κ1) is 14.3. The van der Waals surface area contributed by atoms with Gasteiger partial charge < -0.3 is 5.11 Å². The van der Waals surface area contributed by atoms with E-state index in [0.29, 0.717) is 17.7 Å². The highest BCUT2D eigenvalue weighted by atomic mass is 32.2. The van der Waals surface area contributed by atoms with Crippen LogP contribution in [0.25, 0.3) is 0 Å². The highest BCUT2D eigenvalue weighted by Crippen LogP contribution is 2.41. The van der Waals surface area contributed by atoms with Crippen molar-refractivity contribution in [3.8, 4) is 0 Å². The number of rotatable bonds is 3. The summed E-state index contributed by atoms with van der Waals surface area (Å²) in [5, 5.41) is 9.70. The van der Waals surface area contributed by atoms with Gasteiger partial charge in [0.15, 0.2) is 9.84 Å². The van der Waals surface area contributed by atoms with Crippen LogP contribution in [0.15, 0.2) is 65.6 Å². The van der Waals surface area contributed by atoms with Crippen molar-refractivity contribution in [2.24, 2.45) is 0 Å². The number of aliphatic hydroxyl groups is 1. The lowest BCUT2D eigenvalue weighted by molar-refractivity contribution is 0.164.